The lowest BCUT2D eigenvalue weighted by molar-refractivity contribution is -0.128. The molecule has 2 aromatic rings. The van der Waals surface area contributed by atoms with Gasteiger partial charge in [-0.1, -0.05) is 42.0 Å². The average molecular weight is 350 g/mol. The first-order chi connectivity index (χ1) is 12.6. The fourth-order valence-electron chi connectivity index (χ4n) is 3.19. The molecular weight excluding hydrogens is 324 g/mol. The van der Waals surface area contributed by atoms with Crippen LogP contribution in [0.2, 0.25) is 0 Å². The predicted octanol–water partition coefficient (Wildman–Crippen LogP) is 3.09. The normalized spacial score (nSPS) is 17.6. The molecule has 0 aromatic heterocycles. The molecule has 0 aliphatic carbocycles. The van der Waals surface area contributed by atoms with Crippen molar-refractivity contribution in [1.29, 1.82) is 0 Å². The van der Waals surface area contributed by atoms with Gasteiger partial charge in [0.05, 0.1) is 12.6 Å². The maximum absolute atomic E-state index is 12.3. The third-order valence-electron chi connectivity index (χ3n) is 4.83. The second kappa shape index (κ2) is 8.04. The van der Waals surface area contributed by atoms with E-state index < -0.39 is 0 Å². The fraction of sp³-hybridized carbons (Fsp3) is 0.333. The average Bonchev–Trinajstić information content (AvgIpc) is 3.02. The van der Waals surface area contributed by atoms with Crippen molar-refractivity contribution < 1.29 is 4.79 Å². The van der Waals surface area contributed by atoms with E-state index in [2.05, 4.69) is 41.5 Å². The molecule has 3 rings (SSSR count). The molecule has 0 radical (unpaired) electrons. The molecule has 26 heavy (non-hydrogen) atoms. The standard InChI is InChI=1S/C21H26N4O/c1-15-3-5-17(6-4-15)14-25-19(11-12-20(25)26)21(22)24-13-16-7-9-18(23-2)10-8-16/h3-10,19,23H,11-14H2,1-2H3,(H2,22,24)/t19-/m0/s1. The highest BCUT2D eigenvalue weighted by atomic mass is 16.2. The number of carbonyl (C=O) groups is 1. The summed E-state index contributed by atoms with van der Waals surface area (Å²) in [6, 6.07) is 16.3. The third-order valence-corrected chi connectivity index (χ3v) is 4.83. The van der Waals surface area contributed by atoms with Crippen LogP contribution in [-0.4, -0.2) is 29.7 Å². The van der Waals surface area contributed by atoms with E-state index in [0.29, 0.717) is 25.3 Å². The number of nitrogens with two attached hydrogens (primary N) is 1. The number of likely N-dealkylation sites (tertiary alicyclic amines) is 1. The van der Waals surface area contributed by atoms with Gasteiger partial charge in [0.2, 0.25) is 5.91 Å². The van der Waals surface area contributed by atoms with E-state index in [1.54, 1.807) is 0 Å². The van der Waals surface area contributed by atoms with Crippen LogP contribution in [0.4, 0.5) is 5.69 Å². The number of aryl methyl sites for hydroxylation is 1. The lowest BCUT2D eigenvalue weighted by Crippen LogP contribution is -2.42. The zero-order valence-corrected chi connectivity index (χ0v) is 15.4. The predicted molar refractivity (Wildman–Crippen MR) is 106 cm³/mol. The molecule has 0 spiro atoms. The number of carbonyl (C=O) groups excluding carboxylic acids is 1. The maximum atomic E-state index is 12.3. The van der Waals surface area contributed by atoms with E-state index in [1.807, 2.05) is 36.2 Å². The van der Waals surface area contributed by atoms with Crippen LogP contribution in [0, 0.1) is 6.92 Å². The molecule has 1 amide bonds. The van der Waals surface area contributed by atoms with Gasteiger partial charge >= 0.3 is 0 Å². The van der Waals surface area contributed by atoms with Crippen LogP contribution in [0.3, 0.4) is 0 Å². The first-order valence-corrected chi connectivity index (χ1v) is 8.98. The number of anilines is 1. The molecule has 0 unspecified atom stereocenters. The zero-order valence-electron chi connectivity index (χ0n) is 15.4. The van der Waals surface area contributed by atoms with E-state index in [1.165, 1.54) is 5.56 Å². The summed E-state index contributed by atoms with van der Waals surface area (Å²) < 4.78 is 0. The van der Waals surface area contributed by atoms with Crippen molar-refractivity contribution in [2.24, 2.45) is 10.7 Å². The van der Waals surface area contributed by atoms with Crippen LogP contribution in [-0.2, 0) is 17.9 Å². The number of rotatable bonds is 6. The minimum atomic E-state index is -0.111. The van der Waals surface area contributed by atoms with Gasteiger partial charge in [-0.15, -0.1) is 0 Å². The monoisotopic (exact) mass is 350 g/mol. The smallest absolute Gasteiger partial charge is 0.223 e. The van der Waals surface area contributed by atoms with Gasteiger partial charge in [-0.2, -0.15) is 0 Å². The van der Waals surface area contributed by atoms with Crippen LogP contribution in [0.25, 0.3) is 0 Å². The van der Waals surface area contributed by atoms with Gasteiger partial charge in [-0.05, 0) is 36.6 Å². The zero-order chi connectivity index (χ0) is 18.5. The highest BCUT2D eigenvalue weighted by Gasteiger charge is 2.33. The first-order valence-electron chi connectivity index (χ1n) is 8.98. The Labute approximate surface area is 154 Å². The van der Waals surface area contributed by atoms with E-state index in [-0.39, 0.29) is 11.9 Å². The maximum Gasteiger partial charge on any atom is 0.223 e. The number of nitrogens with zero attached hydrogens (tertiary/aromatic N) is 2. The minimum absolute atomic E-state index is 0.111. The number of aliphatic imine (C=N–C) groups is 1. The largest absolute Gasteiger partial charge is 0.388 e. The Kier molecular flexibility index (Phi) is 5.56. The van der Waals surface area contributed by atoms with Crippen LogP contribution < -0.4 is 11.1 Å². The Morgan fingerprint density at radius 3 is 2.46 bits per heavy atom. The molecule has 3 N–H and O–H groups in total. The number of amides is 1. The van der Waals surface area contributed by atoms with Crippen molar-refractivity contribution in [3.8, 4) is 0 Å². The summed E-state index contributed by atoms with van der Waals surface area (Å²) in [5.74, 6) is 0.688. The molecule has 1 saturated heterocycles. The van der Waals surface area contributed by atoms with Crippen LogP contribution in [0.1, 0.15) is 29.5 Å². The molecule has 5 heteroatoms. The Bertz CT molecular complexity index is 781. The van der Waals surface area contributed by atoms with Gasteiger partial charge in [0, 0.05) is 25.7 Å². The van der Waals surface area contributed by atoms with E-state index in [4.69, 9.17) is 5.73 Å². The van der Waals surface area contributed by atoms with E-state index in [9.17, 15) is 4.79 Å². The van der Waals surface area contributed by atoms with Crippen LogP contribution in [0.5, 0.6) is 0 Å². The Hall–Kier alpha value is -2.82. The summed E-state index contributed by atoms with van der Waals surface area (Å²) in [5.41, 5.74) is 10.8. The van der Waals surface area contributed by atoms with Gasteiger partial charge < -0.3 is 16.0 Å². The van der Waals surface area contributed by atoms with Crippen molar-refractivity contribution in [1.82, 2.24) is 4.90 Å². The SMILES string of the molecule is CNc1ccc(CN=C(N)[C@@H]2CCC(=O)N2Cc2ccc(C)cc2)cc1. The molecule has 136 valence electrons. The lowest BCUT2D eigenvalue weighted by Gasteiger charge is -2.24. The summed E-state index contributed by atoms with van der Waals surface area (Å²) in [4.78, 5) is 18.7. The molecule has 1 fully saturated rings. The Balaban J connectivity index is 1.68. The second-order valence-corrected chi connectivity index (χ2v) is 6.75. The molecule has 1 aliphatic heterocycles. The number of hydrogen-bond acceptors (Lipinski definition) is 3. The van der Waals surface area contributed by atoms with Gasteiger partial charge in [0.15, 0.2) is 0 Å². The summed E-state index contributed by atoms with van der Waals surface area (Å²) in [6.45, 7) is 3.16. The second-order valence-electron chi connectivity index (χ2n) is 6.75. The van der Waals surface area contributed by atoms with Crippen molar-refractivity contribution in [3.63, 3.8) is 0 Å². The summed E-state index contributed by atoms with van der Waals surface area (Å²) in [6.07, 6.45) is 1.27. The number of amidine groups is 1. The molecule has 1 aliphatic rings. The lowest BCUT2D eigenvalue weighted by atomic mass is 10.1. The van der Waals surface area contributed by atoms with Gasteiger partial charge in [0.25, 0.3) is 0 Å². The van der Waals surface area contributed by atoms with Crippen molar-refractivity contribution in [2.45, 2.75) is 38.9 Å². The van der Waals surface area contributed by atoms with Gasteiger partial charge in [-0.3, -0.25) is 9.79 Å². The highest BCUT2D eigenvalue weighted by molar-refractivity contribution is 5.93. The minimum Gasteiger partial charge on any atom is -0.388 e. The summed E-state index contributed by atoms with van der Waals surface area (Å²) in [5, 5.41) is 3.10. The molecular formula is C21H26N4O. The topological polar surface area (TPSA) is 70.7 Å². The quantitative estimate of drug-likeness (QED) is 0.621. The number of benzene rings is 2. The summed E-state index contributed by atoms with van der Waals surface area (Å²) in [7, 11) is 1.89. The van der Waals surface area contributed by atoms with Gasteiger partial charge in [-0.25, -0.2) is 0 Å². The van der Waals surface area contributed by atoms with Crippen LogP contribution in [0.15, 0.2) is 53.5 Å². The van der Waals surface area contributed by atoms with Crippen molar-refractivity contribution in [3.05, 3.63) is 65.2 Å². The van der Waals surface area contributed by atoms with E-state index >= 15 is 0 Å². The van der Waals surface area contributed by atoms with Crippen molar-refractivity contribution >= 4 is 17.4 Å². The molecule has 1 heterocycles. The number of hydrogen-bond donors (Lipinski definition) is 2. The number of nitrogens with one attached hydrogen (secondary N) is 1. The first kappa shape index (κ1) is 18.0. The fourth-order valence-corrected chi connectivity index (χ4v) is 3.19. The summed E-state index contributed by atoms with van der Waals surface area (Å²) >= 11 is 0. The van der Waals surface area contributed by atoms with Gasteiger partial charge in [0.1, 0.15) is 5.84 Å². The Morgan fingerprint density at radius 1 is 1.15 bits per heavy atom. The highest BCUT2D eigenvalue weighted by Crippen LogP contribution is 2.22. The third kappa shape index (κ3) is 4.23. The van der Waals surface area contributed by atoms with Crippen LogP contribution >= 0.6 is 0 Å². The van der Waals surface area contributed by atoms with Crippen molar-refractivity contribution in [2.75, 3.05) is 12.4 Å². The van der Waals surface area contributed by atoms with E-state index in [0.717, 1.165) is 23.2 Å². The molecule has 5 nitrogen and oxygen atoms in total. The Morgan fingerprint density at radius 2 is 1.81 bits per heavy atom. The molecule has 0 saturated carbocycles. The molecule has 2 aromatic carbocycles. The molecule has 0 bridgehead atoms. The molecule has 1 atom stereocenters.